The fraction of sp³-hybridized carbons (Fsp3) is 0.409. The molecule has 168 valence electrons. The van der Waals surface area contributed by atoms with E-state index in [-0.39, 0.29) is 23.7 Å². The monoisotopic (exact) mass is 459 g/mol. The number of nitrogens with zero attached hydrogens (tertiary/aromatic N) is 5. The first-order chi connectivity index (χ1) is 15.5. The molecule has 2 saturated heterocycles. The van der Waals surface area contributed by atoms with Gasteiger partial charge in [-0.1, -0.05) is 24.8 Å². The first kappa shape index (κ1) is 21.3. The Kier molecular flexibility index (Phi) is 5.58. The average Bonchev–Trinajstić information content (AvgIpc) is 3.34. The normalized spacial score (nSPS) is 26.2. The molecular weight excluding hydrogens is 437 g/mol. The number of aromatic nitrogens is 4. The van der Waals surface area contributed by atoms with Crippen molar-refractivity contribution < 1.29 is 19.3 Å². The van der Waals surface area contributed by atoms with Crippen LogP contribution in [0, 0.1) is 5.82 Å². The highest BCUT2D eigenvalue weighted by atomic mass is 35.5. The third-order valence-corrected chi connectivity index (χ3v) is 6.39. The Labute approximate surface area is 188 Å². The van der Waals surface area contributed by atoms with Crippen LogP contribution in [0.1, 0.15) is 37.1 Å². The highest BCUT2D eigenvalue weighted by Crippen LogP contribution is 2.40. The molecule has 8 nitrogen and oxygen atoms in total. The van der Waals surface area contributed by atoms with E-state index in [1.165, 1.54) is 10.7 Å². The van der Waals surface area contributed by atoms with E-state index in [9.17, 15) is 14.6 Å². The SMILES string of the molecule is C=C1[C@@H](O)[C@H](n2ncc3c(N4CCCC[C@@H]4c4ccccc4F)nc(Cl)nc32)O[C@@H]1CO. The van der Waals surface area contributed by atoms with Gasteiger partial charge in [0, 0.05) is 12.1 Å². The second-order valence-corrected chi connectivity index (χ2v) is 8.42. The maximum absolute atomic E-state index is 14.6. The largest absolute Gasteiger partial charge is 0.393 e. The van der Waals surface area contributed by atoms with Crippen molar-refractivity contribution in [2.45, 2.75) is 43.7 Å². The first-order valence-electron chi connectivity index (χ1n) is 10.5. The molecule has 4 heterocycles. The van der Waals surface area contributed by atoms with Gasteiger partial charge in [-0.05, 0) is 42.5 Å². The van der Waals surface area contributed by atoms with Crippen LogP contribution >= 0.6 is 11.6 Å². The molecular formula is C22H23ClFN5O3. The Hall–Kier alpha value is -2.59. The van der Waals surface area contributed by atoms with E-state index in [1.807, 2.05) is 11.0 Å². The zero-order valence-electron chi connectivity index (χ0n) is 17.2. The summed E-state index contributed by atoms with van der Waals surface area (Å²) in [5.74, 6) is 0.303. The molecule has 2 N–H and O–H groups in total. The second-order valence-electron chi connectivity index (χ2n) is 8.09. The summed E-state index contributed by atoms with van der Waals surface area (Å²) < 4.78 is 21.8. The van der Waals surface area contributed by atoms with Crippen molar-refractivity contribution in [3.63, 3.8) is 0 Å². The van der Waals surface area contributed by atoms with Crippen molar-refractivity contribution in [2.75, 3.05) is 18.1 Å². The van der Waals surface area contributed by atoms with Crippen LogP contribution in [-0.2, 0) is 4.74 Å². The molecule has 0 spiro atoms. The van der Waals surface area contributed by atoms with Crippen molar-refractivity contribution in [1.82, 2.24) is 19.7 Å². The summed E-state index contributed by atoms with van der Waals surface area (Å²) in [6, 6.07) is 6.57. The minimum absolute atomic E-state index is 0.0112. The van der Waals surface area contributed by atoms with Crippen LogP contribution in [0.2, 0.25) is 5.28 Å². The molecule has 2 fully saturated rings. The van der Waals surface area contributed by atoms with Gasteiger partial charge in [0.25, 0.3) is 0 Å². The lowest BCUT2D eigenvalue weighted by atomic mass is 9.94. The van der Waals surface area contributed by atoms with Crippen LogP contribution in [0.3, 0.4) is 0 Å². The molecule has 10 heteroatoms. The Bertz CT molecular complexity index is 1170. The zero-order chi connectivity index (χ0) is 22.4. The van der Waals surface area contributed by atoms with Gasteiger partial charge in [-0.2, -0.15) is 15.1 Å². The molecule has 2 aromatic heterocycles. The lowest BCUT2D eigenvalue weighted by Gasteiger charge is -2.37. The fourth-order valence-electron chi connectivity index (χ4n) is 4.60. The van der Waals surface area contributed by atoms with E-state index in [0.29, 0.717) is 34.5 Å². The first-order valence-corrected chi connectivity index (χ1v) is 10.9. The summed E-state index contributed by atoms with van der Waals surface area (Å²) in [5.41, 5.74) is 1.37. The smallest absolute Gasteiger partial charge is 0.226 e. The van der Waals surface area contributed by atoms with Crippen molar-refractivity contribution in [1.29, 1.82) is 0 Å². The number of anilines is 1. The van der Waals surface area contributed by atoms with Crippen LogP contribution in [0.15, 0.2) is 42.6 Å². The standard InChI is InChI=1S/C22H23ClFN5O3/c1-12-17(11-30)32-21(18(12)31)29-20-14(10-25-29)19(26-22(23)27-20)28-9-5-4-8-16(28)13-6-2-3-7-15(13)24/h2-3,6-7,10,16-18,21,30-31H,1,4-5,8-9,11H2/t16-,17-,18-,21-/m1/s1. The number of fused-ring (bicyclic) bond motifs is 1. The number of halogens is 2. The molecule has 0 amide bonds. The predicted octanol–water partition coefficient (Wildman–Crippen LogP) is 3.16. The van der Waals surface area contributed by atoms with Gasteiger partial charge in [-0.3, -0.25) is 0 Å². The molecule has 1 aromatic carbocycles. The highest BCUT2D eigenvalue weighted by molar-refractivity contribution is 6.28. The van der Waals surface area contributed by atoms with E-state index in [0.717, 1.165) is 19.3 Å². The van der Waals surface area contributed by atoms with Gasteiger partial charge in [0.15, 0.2) is 11.9 Å². The minimum Gasteiger partial charge on any atom is -0.393 e. The summed E-state index contributed by atoms with van der Waals surface area (Å²) in [4.78, 5) is 10.9. The van der Waals surface area contributed by atoms with Crippen molar-refractivity contribution in [3.05, 3.63) is 59.3 Å². The zero-order valence-corrected chi connectivity index (χ0v) is 18.0. The number of hydrogen-bond acceptors (Lipinski definition) is 7. The Morgan fingerprint density at radius 3 is 2.81 bits per heavy atom. The number of rotatable bonds is 4. The predicted molar refractivity (Wildman–Crippen MR) is 117 cm³/mol. The third-order valence-electron chi connectivity index (χ3n) is 6.22. The van der Waals surface area contributed by atoms with Crippen molar-refractivity contribution in [3.8, 4) is 0 Å². The van der Waals surface area contributed by atoms with Crippen LogP contribution in [0.5, 0.6) is 0 Å². The van der Waals surface area contributed by atoms with Crippen LogP contribution < -0.4 is 4.90 Å². The lowest BCUT2D eigenvalue weighted by molar-refractivity contribution is -0.0545. The van der Waals surface area contributed by atoms with Gasteiger partial charge >= 0.3 is 0 Å². The van der Waals surface area contributed by atoms with Gasteiger partial charge in [-0.15, -0.1) is 0 Å². The topological polar surface area (TPSA) is 96.5 Å². The Morgan fingerprint density at radius 2 is 2.06 bits per heavy atom. The summed E-state index contributed by atoms with van der Waals surface area (Å²) in [7, 11) is 0. The van der Waals surface area contributed by atoms with Crippen molar-refractivity contribution >= 4 is 28.5 Å². The summed E-state index contributed by atoms with van der Waals surface area (Å²) >= 11 is 6.30. The van der Waals surface area contributed by atoms with Crippen LogP contribution in [0.25, 0.3) is 11.0 Å². The molecule has 3 aromatic rings. The van der Waals surface area contributed by atoms with E-state index in [1.54, 1.807) is 18.3 Å². The summed E-state index contributed by atoms with van der Waals surface area (Å²) in [5, 5.41) is 25.1. The van der Waals surface area contributed by atoms with E-state index in [2.05, 4.69) is 21.6 Å². The molecule has 2 aliphatic rings. The fourth-order valence-corrected chi connectivity index (χ4v) is 4.76. The molecule has 0 aliphatic carbocycles. The third kappa shape index (κ3) is 3.45. The van der Waals surface area contributed by atoms with Gasteiger partial charge in [0.2, 0.25) is 5.28 Å². The molecule has 32 heavy (non-hydrogen) atoms. The van der Waals surface area contributed by atoms with E-state index in [4.69, 9.17) is 16.3 Å². The van der Waals surface area contributed by atoms with Crippen LogP contribution in [0.4, 0.5) is 10.2 Å². The molecule has 5 rings (SSSR count). The van der Waals surface area contributed by atoms with Gasteiger partial charge in [0.05, 0.1) is 24.2 Å². The number of hydrogen-bond donors (Lipinski definition) is 2. The van der Waals surface area contributed by atoms with Gasteiger partial charge in [0.1, 0.15) is 23.8 Å². The summed E-state index contributed by atoms with van der Waals surface area (Å²) in [6.45, 7) is 4.19. The van der Waals surface area contributed by atoms with E-state index < -0.39 is 18.4 Å². The number of ether oxygens (including phenoxy) is 1. The molecule has 0 bridgehead atoms. The van der Waals surface area contributed by atoms with Gasteiger partial charge < -0.3 is 19.8 Å². The van der Waals surface area contributed by atoms with Crippen molar-refractivity contribution in [2.24, 2.45) is 0 Å². The maximum atomic E-state index is 14.6. The number of aliphatic hydroxyl groups is 2. The molecule has 0 radical (unpaired) electrons. The lowest BCUT2D eigenvalue weighted by Crippen LogP contribution is -2.34. The molecule has 2 aliphatic heterocycles. The highest BCUT2D eigenvalue weighted by Gasteiger charge is 2.40. The number of piperidine rings is 1. The number of benzene rings is 1. The van der Waals surface area contributed by atoms with E-state index >= 15 is 0 Å². The maximum Gasteiger partial charge on any atom is 0.226 e. The Balaban J connectivity index is 1.59. The van der Waals surface area contributed by atoms with Crippen LogP contribution in [-0.4, -0.2) is 55.3 Å². The Morgan fingerprint density at radius 1 is 1.25 bits per heavy atom. The number of aliphatic hydroxyl groups excluding tert-OH is 2. The molecule has 0 unspecified atom stereocenters. The minimum atomic E-state index is -1.06. The quantitative estimate of drug-likeness (QED) is 0.457. The molecule has 4 atom stereocenters. The van der Waals surface area contributed by atoms with Gasteiger partial charge in [-0.25, -0.2) is 9.07 Å². The second kappa shape index (κ2) is 8.40. The average molecular weight is 460 g/mol. The molecule has 0 saturated carbocycles. The summed E-state index contributed by atoms with van der Waals surface area (Å²) in [6.07, 6.45) is 1.63.